The smallest absolute Gasteiger partial charge is 0.159 e. The number of nitrogens with one attached hydrogen (secondary N) is 1. The normalized spacial score (nSPS) is 21.7. The molecule has 0 amide bonds. The molecule has 1 saturated heterocycles. The van der Waals surface area contributed by atoms with Gasteiger partial charge in [0.1, 0.15) is 6.54 Å². The molecule has 1 fully saturated rings. The van der Waals surface area contributed by atoms with E-state index in [0.717, 1.165) is 37.5 Å². The molecule has 2 aromatic rings. The molecule has 3 heteroatoms. The first-order valence-electron chi connectivity index (χ1n) is 8.02. The highest BCUT2D eigenvalue weighted by Gasteiger charge is 2.22. The maximum atomic E-state index is 13.3. The summed E-state index contributed by atoms with van der Waals surface area (Å²) >= 11 is 0. The second kappa shape index (κ2) is 7.01. The molecular weight excluding hydrogens is 280 g/mol. The molecule has 0 aromatic heterocycles. The van der Waals surface area contributed by atoms with Crippen LogP contribution in [-0.4, -0.2) is 13.1 Å². The Balaban J connectivity index is 1.50. The van der Waals surface area contributed by atoms with Gasteiger partial charge in [-0.05, 0) is 42.9 Å². The van der Waals surface area contributed by atoms with Crippen LogP contribution < -0.4 is 4.90 Å². The molecule has 0 spiro atoms. The van der Waals surface area contributed by atoms with Crippen molar-refractivity contribution in [2.75, 3.05) is 13.1 Å². The Hall–Kier alpha value is -1.74. The predicted octanol–water partition coefficient (Wildman–Crippen LogP) is 3.00. The summed E-state index contributed by atoms with van der Waals surface area (Å²) in [6, 6.07) is 14.9. The third-order valence-corrected chi connectivity index (χ3v) is 4.62. The fourth-order valence-electron chi connectivity index (χ4n) is 3.35. The van der Waals surface area contributed by atoms with Gasteiger partial charge < -0.3 is 4.90 Å². The Kier molecular flexibility index (Phi) is 4.84. The third-order valence-electron chi connectivity index (χ3n) is 4.62. The molecule has 0 radical (unpaired) electrons. The monoisotopic (exact) mass is 302 g/mol. The fraction of sp³-hybridized carbons (Fsp3) is 0.368. The van der Waals surface area contributed by atoms with Crippen LogP contribution in [0.1, 0.15) is 24.0 Å². The average Bonchev–Trinajstić information content (AvgIpc) is 2.54. The van der Waals surface area contributed by atoms with Crippen molar-refractivity contribution in [3.8, 4) is 0 Å². The number of likely N-dealkylation sites (tertiary alicyclic amines) is 1. The molecular formula is C19H22F2N+. The van der Waals surface area contributed by atoms with E-state index in [1.165, 1.54) is 35.4 Å². The second-order valence-electron chi connectivity index (χ2n) is 6.31. The molecule has 22 heavy (non-hydrogen) atoms. The van der Waals surface area contributed by atoms with Crippen LogP contribution in [0.2, 0.25) is 0 Å². The summed E-state index contributed by atoms with van der Waals surface area (Å²) in [5.41, 5.74) is 2.30. The second-order valence-corrected chi connectivity index (χ2v) is 6.31. The van der Waals surface area contributed by atoms with E-state index in [1.807, 2.05) is 0 Å². The summed E-state index contributed by atoms with van der Waals surface area (Å²) in [5, 5.41) is 0. The topological polar surface area (TPSA) is 4.44 Å². The van der Waals surface area contributed by atoms with E-state index < -0.39 is 11.6 Å². The van der Waals surface area contributed by atoms with Crippen molar-refractivity contribution < 1.29 is 13.7 Å². The van der Waals surface area contributed by atoms with Crippen LogP contribution in [-0.2, 0) is 13.0 Å². The maximum absolute atomic E-state index is 13.3. The predicted molar refractivity (Wildman–Crippen MR) is 83.6 cm³/mol. The highest BCUT2D eigenvalue weighted by atomic mass is 19.2. The summed E-state index contributed by atoms with van der Waals surface area (Å²) in [6.45, 7) is 3.00. The molecule has 1 nitrogen and oxygen atoms in total. The van der Waals surface area contributed by atoms with Gasteiger partial charge in [-0.15, -0.1) is 0 Å². The van der Waals surface area contributed by atoms with Crippen LogP contribution in [0.4, 0.5) is 8.78 Å². The Labute approximate surface area is 130 Å². The molecule has 2 aromatic carbocycles. The Bertz CT molecular complexity index is 604. The van der Waals surface area contributed by atoms with Gasteiger partial charge in [-0.3, -0.25) is 0 Å². The van der Waals surface area contributed by atoms with Gasteiger partial charge in [-0.2, -0.15) is 0 Å². The van der Waals surface area contributed by atoms with Crippen LogP contribution in [0.3, 0.4) is 0 Å². The summed E-state index contributed by atoms with van der Waals surface area (Å²) in [7, 11) is 0. The first kappa shape index (κ1) is 15.2. The van der Waals surface area contributed by atoms with Crippen LogP contribution in [0.5, 0.6) is 0 Å². The zero-order valence-electron chi connectivity index (χ0n) is 12.7. The molecule has 0 aliphatic carbocycles. The lowest BCUT2D eigenvalue weighted by atomic mass is 9.90. The number of hydrogen-bond donors (Lipinski definition) is 1. The van der Waals surface area contributed by atoms with Gasteiger partial charge in [0.2, 0.25) is 0 Å². The van der Waals surface area contributed by atoms with Crippen molar-refractivity contribution in [3.63, 3.8) is 0 Å². The number of halogens is 2. The molecule has 3 rings (SSSR count). The van der Waals surface area contributed by atoms with E-state index in [-0.39, 0.29) is 0 Å². The minimum Gasteiger partial charge on any atom is -0.331 e. The third kappa shape index (κ3) is 3.92. The van der Waals surface area contributed by atoms with E-state index in [4.69, 9.17) is 0 Å². The van der Waals surface area contributed by atoms with Gasteiger partial charge >= 0.3 is 0 Å². The van der Waals surface area contributed by atoms with Crippen LogP contribution in [0.15, 0.2) is 48.5 Å². The lowest BCUT2D eigenvalue weighted by Gasteiger charge is -2.29. The Morgan fingerprint density at radius 3 is 2.27 bits per heavy atom. The lowest BCUT2D eigenvalue weighted by Crippen LogP contribution is -3.11. The van der Waals surface area contributed by atoms with Crippen LogP contribution >= 0.6 is 0 Å². The molecule has 0 saturated carbocycles. The minimum absolute atomic E-state index is 0.740. The van der Waals surface area contributed by atoms with Crippen LogP contribution in [0.25, 0.3) is 0 Å². The summed E-state index contributed by atoms with van der Waals surface area (Å²) < 4.78 is 26.2. The maximum Gasteiger partial charge on any atom is 0.159 e. The highest BCUT2D eigenvalue weighted by Crippen LogP contribution is 2.17. The zero-order chi connectivity index (χ0) is 15.4. The summed E-state index contributed by atoms with van der Waals surface area (Å²) in [5.74, 6) is -0.757. The fourth-order valence-corrected chi connectivity index (χ4v) is 3.35. The Morgan fingerprint density at radius 2 is 1.59 bits per heavy atom. The summed E-state index contributed by atoms with van der Waals surface area (Å²) in [6.07, 6.45) is 3.56. The van der Waals surface area contributed by atoms with Gasteiger partial charge in [0.25, 0.3) is 0 Å². The SMILES string of the molecule is Fc1ccc(C[NH+]2CCC(Cc3ccccc3)CC2)cc1F. The summed E-state index contributed by atoms with van der Waals surface area (Å²) in [4.78, 5) is 1.47. The van der Waals surface area contributed by atoms with Crippen LogP contribution in [0, 0.1) is 17.6 Å². The van der Waals surface area contributed by atoms with Gasteiger partial charge in [0, 0.05) is 5.56 Å². The first-order valence-corrected chi connectivity index (χ1v) is 8.02. The molecule has 0 atom stereocenters. The average molecular weight is 302 g/mol. The van der Waals surface area contributed by atoms with Crippen molar-refractivity contribution in [1.82, 2.24) is 0 Å². The highest BCUT2D eigenvalue weighted by molar-refractivity contribution is 5.17. The van der Waals surface area contributed by atoms with E-state index in [2.05, 4.69) is 30.3 Å². The Morgan fingerprint density at radius 1 is 0.864 bits per heavy atom. The van der Waals surface area contributed by atoms with Crippen molar-refractivity contribution in [1.29, 1.82) is 0 Å². The van der Waals surface area contributed by atoms with Gasteiger partial charge in [0.15, 0.2) is 11.6 Å². The number of rotatable bonds is 4. The van der Waals surface area contributed by atoms with Gasteiger partial charge in [-0.1, -0.05) is 36.4 Å². The van der Waals surface area contributed by atoms with E-state index in [1.54, 1.807) is 6.07 Å². The molecule has 1 heterocycles. The quantitative estimate of drug-likeness (QED) is 0.885. The molecule has 1 N–H and O–H groups in total. The molecule has 1 aliphatic heterocycles. The molecule has 116 valence electrons. The number of quaternary nitrogens is 1. The standard InChI is InChI=1S/C19H21F2N/c20-18-7-6-17(13-19(18)21)14-22-10-8-16(9-11-22)12-15-4-2-1-3-5-15/h1-7,13,16H,8-12,14H2/p+1. The van der Waals surface area contributed by atoms with E-state index in [9.17, 15) is 8.78 Å². The molecule has 1 aliphatic rings. The molecule has 0 unspecified atom stereocenters. The van der Waals surface area contributed by atoms with Crippen molar-refractivity contribution in [2.24, 2.45) is 5.92 Å². The lowest BCUT2D eigenvalue weighted by molar-refractivity contribution is -0.919. The minimum atomic E-state index is -0.764. The number of piperidine rings is 1. The van der Waals surface area contributed by atoms with E-state index in [0.29, 0.717) is 0 Å². The molecule has 0 bridgehead atoms. The van der Waals surface area contributed by atoms with Gasteiger partial charge in [-0.25, -0.2) is 8.78 Å². The van der Waals surface area contributed by atoms with Gasteiger partial charge in [0.05, 0.1) is 13.1 Å². The van der Waals surface area contributed by atoms with Crippen molar-refractivity contribution in [3.05, 3.63) is 71.3 Å². The van der Waals surface area contributed by atoms with E-state index >= 15 is 0 Å². The zero-order valence-corrected chi connectivity index (χ0v) is 12.7. The van der Waals surface area contributed by atoms with Crippen molar-refractivity contribution >= 4 is 0 Å². The number of benzene rings is 2. The number of hydrogen-bond acceptors (Lipinski definition) is 0. The van der Waals surface area contributed by atoms with Crippen molar-refractivity contribution in [2.45, 2.75) is 25.8 Å². The first-order chi connectivity index (χ1) is 10.7. The largest absolute Gasteiger partial charge is 0.331 e.